The molecule has 2 aromatic rings. The fourth-order valence-electron chi connectivity index (χ4n) is 2.19. The van der Waals surface area contributed by atoms with Crippen molar-refractivity contribution in [2.45, 2.75) is 0 Å². The van der Waals surface area contributed by atoms with Gasteiger partial charge in [0.05, 0.1) is 0 Å². The molecule has 0 atom stereocenters. The molecule has 0 amide bonds. The molecule has 23 heavy (non-hydrogen) atoms. The summed E-state index contributed by atoms with van der Waals surface area (Å²) in [6, 6.07) is 5.20. The van der Waals surface area contributed by atoms with Crippen molar-refractivity contribution in [2.75, 3.05) is 5.73 Å². The minimum absolute atomic E-state index is 0.00296. The highest BCUT2D eigenvalue weighted by atomic mass is 16.4. The first kappa shape index (κ1) is 16.3. The highest BCUT2D eigenvalue weighted by Crippen LogP contribution is 2.28. The normalized spacial score (nSPS) is 10.3. The number of carboxylic acid groups (broad SMARTS) is 2. The van der Waals surface area contributed by atoms with Gasteiger partial charge in [-0.05, 0) is 11.0 Å². The molecule has 0 aliphatic carbocycles. The number of rotatable bonds is 4. The molecular formula is C13H11BN2O7. The number of aromatic nitrogens is 1. The second-order valence-electron chi connectivity index (χ2n) is 4.60. The topological polar surface area (TPSA) is 174 Å². The molecule has 118 valence electrons. The molecule has 0 fully saturated rings. The molecule has 0 spiro atoms. The summed E-state index contributed by atoms with van der Waals surface area (Å²) in [5.74, 6) is -3.68. The summed E-state index contributed by atoms with van der Waals surface area (Å²) in [4.78, 5) is 36.6. The maximum absolute atomic E-state index is 11.9. The molecule has 10 heteroatoms. The van der Waals surface area contributed by atoms with E-state index < -0.39 is 47.1 Å². The highest BCUT2D eigenvalue weighted by Gasteiger charge is 2.27. The van der Waals surface area contributed by atoms with Gasteiger partial charge in [0.15, 0.2) is 0 Å². The molecule has 0 bridgehead atoms. The summed E-state index contributed by atoms with van der Waals surface area (Å²) >= 11 is 0. The van der Waals surface area contributed by atoms with Crippen LogP contribution in [0.4, 0.5) is 5.82 Å². The monoisotopic (exact) mass is 318 g/mol. The Bertz CT molecular complexity index is 860. The lowest BCUT2D eigenvalue weighted by Gasteiger charge is -2.13. The number of carbonyl (C=O) groups is 2. The first-order valence-electron chi connectivity index (χ1n) is 6.22. The fraction of sp³-hybridized carbons (Fsp3) is 0. The van der Waals surface area contributed by atoms with Crippen molar-refractivity contribution in [1.29, 1.82) is 0 Å². The summed E-state index contributed by atoms with van der Waals surface area (Å²) in [5, 5.41) is 36.9. The van der Waals surface area contributed by atoms with Gasteiger partial charge in [0, 0.05) is 5.56 Å². The van der Waals surface area contributed by atoms with Crippen LogP contribution >= 0.6 is 0 Å². The standard InChI is InChI=1S/C13H11BN2O7/c15-10-8(12(18)19)7(9(13(20)21)11(17)16-10)5-2-1-3-6(4-5)14(22)23/h1-4,22-23H,(H,18,19)(H,20,21)(H3,15,16,17). The number of nitrogens with one attached hydrogen (secondary N) is 1. The van der Waals surface area contributed by atoms with Gasteiger partial charge in [-0.15, -0.1) is 0 Å². The van der Waals surface area contributed by atoms with Gasteiger partial charge >= 0.3 is 19.1 Å². The van der Waals surface area contributed by atoms with Crippen LogP contribution in [0.5, 0.6) is 0 Å². The SMILES string of the molecule is Nc1[nH]c(=O)c(C(=O)O)c(-c2cccc(B(O)O)c2)c1C(=O)O. The molecule has 0 radical (unpaired) electrons. The third-order valence-electron chi connectivity index (χ3n) is 3.15. The van der Waals surface area contributed by atoms with Crippen LogP contribution in [-0.4, -0.2) is 44.3 Å². The Labute approximate surface area is 128 Å². The van der Waals surface area contributed by atoms with Crippen LogP contribution in [0.3, 0.4) is 0 Å². The van der Waals surface area contributed by atoms with Crippen LogP contribution in [0.25, 0.3) is 11.1 Å². The van der Waals surface area contributed by atoms with E-state index in [4.69, 9.17) is 5.73 Å². The van der Waals surface area contributed by atoms with Crippen LogP contribution in [0.2, 0.25) is 0 Å². The zero-order valence-electron chi connectivity index (χ0n) is 11.5. The smallest absolute Gasteiger partial charge is 0.478 e. The second-order valence-corrected chi connectivity index (χ2v) is 4.60. The summed E-state index contributed by atoms with van der Waals surface area (Å²) in [5.41, 5.74) is 2.63. The van der Waals surface area contributed by atoms with Gasteiger partial charge in [0.2, 0.25) is 0 Å². The molecule has 1 heterocycles. The van der Waals surface area contributed by atoms with Crippen LogP contribution in [0, 0.1) is 0 Å². The van der Waals surface area contributed by atoms with Gasteiger partial charge < -0.3 is 31.0 Å². The number of aromatic carboxylic acids is 2. The van der Waals surface area contributed by atoms with Gasteiger partial charge in [0.1, 0.15) is 16.9 Å². The van der Waals surface area contributed by atoms with Gasteiger partial charge in [-0.1, -0.05) is 24.3 Å². The number of hydrogen-bond acceptors (Lipinski definition) is 6. The van der Waals surface area contributed by atoms with E-state index >= 15 is 0 Å². The lowest BCUT2D eigenvalue weighted by molar-refractivity contribution is 0.0695. The predicted octanol–water partition coefficient (Wildman–Crippen LogP) is -1.30. The number of aromatic amines is 1. The first-order valence-corrected chi connectivity index (χ1v) is 6.22. The molecule has 2 rings (SSSR count). The van der Waals surface area contributed by atoms with Crippen LogP contribution in [-0.2, 0) is 0 Å². The van der Waals surface area contributed by atoms with E-state index in [1.165, 1.54) is 18.2 Å². The van der Waals surface area contributed by atoms with Crippen molar-refractivity contribution in [3.8, 4) is 11.1 Å². The van der Waals surface area contributed by atoms with E-state index in [1.54, 1.807) is 0 Å². The average Bonchev–Trinajstić information content (AvgIpc) is 2.45. The van der Waals surface area contributed by atoms with E-state index in [0.29, 0.717) is 0 Å². The second kappa shape index (κ2) is 5.95. The number of pyridine rings is 1. The number of carboxylic acids is 2. The summed E-state index contributed by atoms with van der Waals surface area (Å²) in [6.45, 7) is 0. The van der Waals surface area contributed by atoms with Crippen LogP contribution in [0.15, 0.2) is 29.1 Å². The Kier molecular flexibility index (Phi) is 4.21. The van der Waals surface area contributed by atoms with Gasteiger partial charge in [-0.3, -0.25) is 4.79 Å². The zero-order valence-corrected chi connectivity index (χ0v) is 11.5. The molecule has 7 N–H and O–H groups in total. The number of nitrogens with two attached hydrogens (primary N) is 1. The van der Waals surface area contributed by atoms with Crippen molar-refractivity contribution in [3.63, 3.8) is 0 Å². The van der Waals surface area contributed by atoms with Crippen molar-refractivity contribution >= 4 is 30.3 Å². The van der Waals surface area contributed by atoms with Crippen molar-refractivity contribution < 1.29 is 29.9 Å². The predicted molar refractivity (Wildman–Crippen MR) is 80.7 cm³/mol. The quantitative estimate of drug-likeness (QED) is 0.377. The van der Waals surface area contributed by atoms with E-state index in [-0.39, 0.29) is 11.0 Å². The van der Waals surface area contributed by atoms with Crippen molar-refractivity contribution in [1.82, 2.24) is 4.98 Å². The lowest BCUT2D eigenvalue weighted by atomic mass is 9.78. The minimum atomic E-state index is -1.85. The largest absolute Gasteiger partial charge is 0.488 e. The molecule has 0 aliphatic rings. The van der Waals surface area contributed by atoms with E-state index in [9.17, 15) is 34.6 Å². The molecule has 9 nitrogen and oxygen atoms in total. The van der Waals surface area contributed by atoms with Crippen LogP contribution in [0.1, 0.15) is 20.7 Å². The Morgan fingerprint density at radius 3 is 2.22 bits per heavy atom. The fourth-order valence-corrected chi connectivity index (χ4v) is 2.19. The molecular weight excluding hydrogens is 307 g/mol. The number of benzene rings is 1. The summed E-state index contributed by atoms with van der Waals surface area (Å²) < 4.78 is 0. The van der Waals surface area contributed by atoms with E-state index in [0.717, 1.165) is 6.07 Å². The molecule has 0 aliphatic heterocycles. The zero-order chi connectivity index (χ0) is 17.3. The Morgan fingerprint density at radius 1 is 1.09 bits per heavy atom. The first-order chi connectivity index (χ1) is 10.7. The van der Waals surface area contributed by atoms with Gasteiger partial charge in [-0.25, -0.2) is 9.59 Å². The van der Waals surface area contributed by atoms with Crippen molar-refractivity contribution in [2.24, 2.45) is 0 Å². The minimum Gasteiger partial charge on any atom is -0.478 e. The van der Waals surface area contributed by atoms with Crippen LogP contribution < -0.4 is 16.8 Å². The number of nitrogen functional groups attached to an aromatic ring is 1. The summed E-state index contributed by atoms with van der Waals surface area (Å²) in [7, 11) is -1.85. The molecule has 0 unspecified atom stereocenters. The molecule has 0 saturated carbocycles. The van der Waals surface area contributed by atoms with E-state index in [1.807, 2.05) is 4.98 Å². The maximum Gasteiger partial charge on any atom is 0.488 e. The third-order valence-corrected chi connectivity index (χ3v) is 3.15. The van der Waals surface area contributed by atoms with Gasteiger partial charge in [-0.2, -0.15) is 0 Å². The molecule has 1 aromatic carbocycles. The summed E-state index contributed by atoms with van der Waals surface area (Å²) in [6.07, 6.45) is 0. The number of H-pyrrole nitrogens is 1. The number of hydrogen-bond donors (Lipinski definition) is 6. The molecule has 1 aromatic heterocycles. The molecule has 0 saturated heterocycles. The maximum atomic E-state index is 11.9. The Balaban J connectivity index is 2.94. The van der Waals surface area contributed by atoms with Gasteiger partial charge in [0.25, 0.3) is 5.56 Å². The lowest BCUT2D eigenvalue weighted by Crippen LogP contribution is -2.30. The Hall–Kier alpha value is -3.11. The highest BCUT2D eigenvalue weighted by molar-refractivity contribution is 6.58. The third kappa shape index (κ3) is 2.93. The van der Waals surface area contributed by atoms with Crippen molar-refractivity contribution in [3.05, 3.63) is 45.7 Å². The average molecular weight is 318 g/mol. The van der Waals surface area contributed by atoms with E-state index in [2.05, 4.69) is 0 Å². The number of anilines is 1. The Morgan fingerprint density at radius 2 is 1.70 bits per heavy atom.